The summed E-state index contributed by atoms with van der Waals surface area (Å²) in [6.45, 7) is 0.290. The fraction of sp³-hybridized carbons (Fsp3) is 0.0800. The van der Waals surface area contributed by atoms with E-state index in [0.717, 1.165) is 5.56 Å². The molecule has 1 amide bonds. The number of nitrogens with zero attached hydrogens (tertiary/aromatic N) is 1. The third-order valence-electron chi connectivity index (χ3n) is 4.97. The molecule has 0 aliphatic heterocycles. The first-order chi connectivity index (χ1) is 15.9. The number of rotatable bonds is 8. The second-order valence-corrected chi connectivity index (χ2v) is 9.70. The van der Waals surface area contributed by atoms with E-state index in [0.29, 0.717) is 22.0 Å². The summed E-state index contributed by atoms with van der Waals surface area (Å²) in [6.07, 6.45) is 1.51. The molecule has 4 rings (SSSR count). The number of carbonyl (C=O) groups is 1. The summed E-state index contributed by atoms with van der Waals surface area (Å²) >= 11 is 5.86. The maximum absolute atomic E-state index is 13.4. The Labute approximate surface area is 197 Å². The van der Waals surface area contributed by atoms with Gasteiger partial charge in [0.15, 0.2) is 0 Å². The molecular formula is C25H21ClN2O4S. The molecule has 3 aromatic carbocycles. The smallest absolute Gasteiger partial charge is 0.255 e. The van der Waals surface area contributed by atoms with Gasteiger partial charge in [0.1, 0.15) is 5.76 Å². The van der Waals surface area contributed by atoms with Crippen molar-refractivity contribution in [2.75, 3.05) is 5.32 Å². The van der Waals surface area contributed by atoms with Crippen LogP contribution in [-0.2, 0) is 23.1 Å². The first kappa shape index (κ1) is 22.8. The predicted molar refractivity (Wildman–Crippen MR) is 127 cm³/mol. The van der Waals surface area contributed by atoms with Gasteiger partial charge in [0.25, 0.3) is 5.91 Å². The number of hydrogen-bond donors (Lipinski definition) is 1. The Morgan fingerprint density at radius 1 is 0.848 bits per heavy atom. The summed E-state index contributed by atoms with van der Waals surface area (Å²) in [7, 11) is -3.83. The average molecular weight is 481 g/mol. The van der Waals surface area contributed by atoms with Gasteiger partial charge in [0.2, 0.25) is 10.0 Å². The second kappa shape index (κ2) is 10.0. The Kier molecular flexibility index (Phi) is 6.93. The van der Waals surface area contributed by atoms with Gasteiger partial charge in [-0.25, -0.2) is 8.42 Å². The van der Waals surface area contributed by atoms with Gasteiger partial charge < -0.3 is 9.73 Å². The number of hydrogen-bond acceptors (Lipinski definition) is 4. The van der Waals surface area contributed by atoms with Gasteiger partial charge in [-0.05, 0) is 66.2 Å². The number of amides is 1. The molecule has 0 aliphatic rings. The number of furan rings is 1. The predicted octanol–water partition coefficient (Wildman–Crippen LogP) is 5.58. The molecule has 0 saturated carbocycles. The van der Waals surface area contributed by atoms with Gasteiger partial charge in [-0.2, -0.15) is 4.31 Å². The third kappa shape index (κ3) is 5.70. The number of benzene rings is 3. The summed E-state index contributed by atoms with van der Waals surface area (Å²) < 4.78 is 33.6. The minimum Gasteiger partial charge on any atom is -0.468 e. The lowest BCUT2D eigenvalue weighted by Crippen LogP contribution is -2.30. The molecule has 1 N–H and O–H groups in total. The van der Waals surface area contributed by atoms with Crippen LogP contribution in [0, 0.1) is 0 Å². The van der Waals surface area contributed by atoms with E-state index in [1.165, 1.54) is 22.7 Å². The van der Waals surface area contributed by atoms with Crippen LogP contribution in [0.15, 0.2) is 107 Å². The monoisotopic (exact) mass is 480 g/mol. The van der Waals surface area contributed by atoms with Crippen LogP contribution in [0.2, 0.25) is 5.02 Å². The SMILES string of the molecule is O=C(Nc1ccc(S(=O)(=O)N(Cc2ccccc2)Cc2ccco2)cc1)c1ccc(Cl)cc1. The van der Waals surface area contributed by atoms with Crippen molar-refractivity contribution in [3.8, 4) is 0 Å². The lowest BCUT2D eigenvalue weighted by Gasteiger charge is -2.21. The first-order valence-electron chi connectivity index (χ1n) is 10.2. The number of halogens is 1. The van der Waals surface area contributed by atoms with Gasteiger partial charge in [-0.3, -0.25) is 4.79 Å². The van der Waals surface area contributed by atoms with Crippen molar-refractivity contribution in [3.05, 3.63) is 119 Å². The molecule has 168 valence electrons. The molecule has 0 radical (unpaired) electrons. The number of carbonyl (C=O) groups excluding carboxylic acids is 1. The Balaban J connectivity index is 1.54. The first-order valence-corrected chi connectivity index (χ1v) is 12.0. The quantitative estimate of drug-likeness (QED) is 0.357. The minimum atomic E-state index is -3.83. The molecule has 8 heteroatoms. The zero-order valence-electron chi connectivity index (χ0n) is 17.5. The number of nitrogens with one attached hydrogen (secondary N) is 1. The van der Waals surface area contributed by atoms with Gasteiger partial charge >= 0.3 is 0 Å². The van der Waals surface area contributed by atoms with Crippen molar-refractivity contribution < 1.29 is 17.6 Å². The highest BCUT2D eigenvalue weighted by molar-refractivity contribution is 7.89. The van der Waals surface area contributed by atoms with E-state index < -0.39 is 10.0 Å². The van der Waals surface area contributed by atoms with Crippen LogP contribution < -0.4 is 5.32 Å². The fourth-order valence-electron chi connectivity index (χ4n) is 3.25. The molecule has 33 heavy (non-hydrogen) atoms. The van der Waals surface area contributed by atoms with Crippen LogP contribution in [0.25, 0.3) is 0 Å². The largest absolute Gasteiger partial charge is 0.468 e. The highest BCUT2D eigenvalue weighted by atomic mass is 35.5. The zero-order chi connectivity index (χ0) is 23.3. The van der Waals surface area contributed by atoms with Crippen LogP contribution in [-0.4, -0.2) is 18.6 Å². The lowest BCUT2D eigenvalue weighted by atomic mass is 10.2. The van der Waals surface area contributed by atoms with E-state index in [4.69, 9.17) is 16.0 Å². The summed E-state index contributed by atoms with van der Waals surface area (Å²) in [5.41, 5.74) is 1.79. The fourth-order valence-corrected chi connectivity index (χ4v) is 4.77. The topological polar surface area (TPSA) is 79.6 Å². The van der Waals surface area contributed by atoms with E-state index in [-0.39, 0.29) is 23.9 Å². The van der Waals surface area contributed by atoms with Gasteiger partial charge in [-0.15, -0.1) is 0 Å². The van der Waals surface area contributed by atoms with Crippen LogP contribution in [0.5, 0.6) is 0 Å². The van der Waals surface area contributed by atoms with Gasteiger partial charge in [0, 0.05) is 22.8 Å². The summed E-state index contributed by atoms with van der Waals surface area (Å²) in [6, 6.07) is 25.4. The lowest BCUT2D eigenvalue weighted by molar-refractivity contribution is 0.102. The normalized spacial score (nSPS) is 11.5. The van der Waals surface area contributed by atoms with E-state index in [2.05, 4.69) is 5.32 Å². The molecule has 0 aliphatic carbocycles. The van der Waals surface area contributed by atoms with Crippen molar-refractivity contribution in [2.24, 2.45) is 0 Å². The standard InChI is InChI=1S/C25H21ClN2O4S/c26-21-10-8-20(9-11-21)25(29)27-22-12-14-24(15-13-22)33(30,31)28(18-23-7-4-16-32-23)17-19-5-2-1-3-6-19/h1-16H,17-18H2,(H,27,29). The van der Waals surface area contributed by atoms with Crippen molar-refractivity contribution in [2.45, 2.75) is 18.0 Å². The summed E-state index contributed by atoms with van der Waals surface area (Å²) in [4.78, 5) is 12.5. The maximum Gasteiger partial charge on any atom is 0.255 e. The van der Waals surface area contributed by atoms with Gasteiger partial charge in [0.05, 0.1) is 17.7 Å². The molecule has 1 aromatic heterocycles. The van der Waals surface area contributed by atoms with Crippen LogP contribution in [0.4, 0.5) is 5.69 Å². The number of anilines is 1. The molecular weight excluding hydrogens is 460 g/mol. The number of sulfonamides is 1. The van der Waals surface area contributed by atoms with E-state index in [1.54, 1.807) is 48.5 Å². The Bertz CT molecular complexity index is 1310. The molecule has 0 spiro atoms. The molecule has 4 aromatic rings. The highest BCUT2D eigenvalue weighted by Crippen LogP contribution is 2.23. The van der Waals surface area contributed by atoms with Crippen molar-refractivity contribution in [1.29, 1.82) is 0 Å². The highest BCUT2D eigenvalue weighted by Gasteiger charge is 2.26. The maximum atomic E-state index is 13.4. The molecule has 0 atom stereocenters. The van der Waals surface area contributed by atoms with Crippen LogP contribution in [0.1, 0.15) is 21.7 Å². The molecule has 1 heterocycles. The summed E-state index contributed by atoms with van der Waals surface area (Å²) in [5.74, 6) is 0.229. The van der Waals surface area contributed by atoms with Crippen molar-refractivity contribution in [3.63, 3.8) is 0 Å². The zero-order valence-corrected chi connectivity index (χ0v) is 19.1. The Morgan fingerprint density at radius 3 is 2.18 bits per heavy atom. The Morgan fingerprint density at radius 2 is 1.55 bits per heavy atom. The van der Waals surface area contributed by atoms with Gasteiger partial charge in [-0.1, -0.05) is 41.9 Å². The molecule has 0 fully saturated rings. The molecule has 0 unspecified atom stereocenters. The Hall–Kier alpha value is -3.39. The average Bonchev–Trinajstić information content (AvgIpc) is 3.33. The van der Waals surface area contributed by atoms with Crippen LogP contribution in [0.3, 0.4) is 0 Å². The van der Waals surface area contributed by atoms with Crippen molar-refractivity contribution in [1.82, 2.24) is 4.31 Å². The molecule has 6 nitrogen and oxygen atoms in total. The van der Waals surface area contributed by atoms with E-state index in [9.17, 15) is 13.2 Å². The van der Waals surface area contributed by atoms with E-state index >= 15 is 0 Å². The van der Waals surface area contributed by atoms with E-state index in [1.807, 2.05) is 30.3 Å². The summed E-state index contributed by atoms with van der Waals surface area (Å²) in [5, 5.41) is 3.29. The molecule has 0 bridgehead atoms. The third-order valence-corrected chi connectivity index (χ3v) is 7.03. The van der Waals surface area contributed by atoms with Crippen molar-refractivity contribution >= 4 is 33.2 Å². The minimum absolute atomic E-state index is 0.0965. The van der Waals surface area contributed by atoms with Crippen LogP contribution >= 0.6 is 11.6 Å². The second-order valence-electron chi connectivity index (χ2n) is 7.32. The molecule has 0 saturated heterocycles.